The van der Waals surface area contributed by atoms with Crippen LogP contribution in [0.15, 0.2) is 42.5 Å². The molecule has 0 aliphatic carbocycles. The maximum atomic E-state index is 12.6. The molecule has 8 heteroatoms. The number of nitrogens with one attached hydrogen (secondary N) is 1. The highest BCUT2D eigenvalue weighted by Gasteiger charge is 2.28. The van der Waals surface area contributed by atoms with Gasteiger partial charge in [0.2, 0.25) is 0 Å². The Kier molecular flexibility index (Phi) is 6.46. The minimum Gasteiger partial charge on any atom is -0.476 e. The number of nitrogens with two attached hydrogens (primary N) is 1. The normalized spacial score (nSPS) is 15.9. The minimum atomic E-state index is -1.13. The first kappa shape index (κ1) is 22.5. The van der Waals surface area contributed by atoms with Crippen LogP contribution in [0.25, 0.3) is 5.69 Å². The van der Waals surface area contributed by atoms with Gasteiger partial charge in [-0.05, 0) is 56.0 Å². The number of nitrogens with zero attached hydrogens (tertiary/aromatic N) is 2. The van der Waals surface area contributed by atoms with E-state index in [9.17, 15) is 14.7 Å². The number of aryl methyl sites for hydroxylation is 2. The highest BCUT2D eigenvalue weighted by atomic mass is 16.5. The maximum absolute atomic E-state index is 12.6. The highest BCUT2D eigenvalue weighted by molar-refractivity contribution is 5.95. The first-order valence-corrected chi connectivity index (χ1v) is 11.0. The molecule has 0 radical (unpaired) electrons. The summed E-state index contributed by atoms with van der Waals surface area (Å²) >= 11 is 0. The monoisotopic (exact) mass is 448 g/mol. The third-order valence-corrected chi connectivity index (χ3v) is 5.97. The van der Waals surface area contributed by atoms with Gasteiger partial charge in [0.1, 0.15) is 0 Å². The zero-order valence-corrected chi connectivity index (χ0v) is 18.8. The fraction of sp³-hybridized carbons (Fsp3) is 0.320. The molecule has 1 atom stereocenters. The van der Waals surface area contributed by atoms with Crippen LogP contribution in [0.2, 0.25) is 0 Å². The first-order chi connectivity index (χ1) is 15.8. The minimum absolute atomic E-state index is 0.0161. The number of nitrogen functional groups attached to an aromatic ring is 1. The predicted molar refractivity (Wildman–Crippen MR) is 125 cm³/mol. The van der Waals surface area contributed by atoms with Crippen LogP contribution < -0.4 is 11.1 Å². The van der Waals surface area contributed by atoms with Crippen LogP contribution in [-0.2, 0) is 11.3 Å². The Labute approximate surface area is 192 Å². The van der Waals surface area contributed by atoms with Crippen molar-refractivity contribution in [2.45, 2.75) is 39.2 Å². The van der Waals surface area contributed by atoms with Gasteiger partial charge in [0.05, 0.1) is 23.7 Å². The van der Waals surface area contributed by atoms with Crippen molar-refractivity contribution >= 4 is 17.6 Å². The number of hydrogen-bond acceptors (Lipinski definition) is 5. The molecule has 33 heavy (non-hydrogen) atoms. The van der Waals surface area contributed by atoms with Gasteiger partial charge in [0, 0.05) is 24.6 Å². The van der Waals surface area contributed by atoms with Crippen molar-refractivity contribution in [3.63, 3.8) is 0 Å². The Morgan fingerprint density at radius 3 is 2.64 bits per heavy atom. The number of anilines is 1. The van der Waals surface area contributed by atoms with Crippen molar-refractivity contribution in [1.29, 1.82) is 0 Å². The number of hydrogen-bond donors (Lipinski definition) is 3. The Bertz CT molecular complexity index is 1180. The SMILES string of the molecule is Cc1ccc(C)c(C(=O)NCc2ccc(-n3nc(C4CCCOC4)c(N)c3C(=O)O)cc2)c1. The molecular formula is C25H28N4O4. The first-order valence-electron chi connectivity index (χ1n) is 11.0. The molecule has 1 unspecified atom stereocenters. The summed E-state index contributed by atoms with van der Waals surface area (Å²) in [6.07, 6.45) is 1.75. The molecule has 8 nitrogen and oxygen atoms in total. The smallest absolute Gasteiger partial charge is 0.356 e. The van der Waals surface area contributed by atoms with Crippen molar-refractivity contribution in [1.82, 2.24) is 15.1 Å². The molecule has 0 bridgehead atoms. The Morgan fingerprint density at radius 2 is 1.97 bits per heavy atom. The standard InChI is InChI=1S/C25H28N4O4/c1-15-5-6-16(2)20(12-15)24(30)27-13-17-7-9-19(10-8-17)29-23(25(31)32)21(26)22(28-29)18-4-3-11-33-14-18/h5-10,12,18H,3-4,11,13-14,26H2,1-2H3,(H,27,30)(H,31,32). The van der Waals surface area contributed by atoms with Crippen LogP contribution in [0, 0.1) is 13.8 Å². The fourth-order valence-corrected chi connectivity index (χ4v) is 4.11. The molecule has 4 N–H and O–H groups in total. The second kappa shape index (κ2) is 9.46. The molecule has 4 rings (SSSR count). The van der Waals surface area contributed by atoms with E-state index in [2.05, 4.69) is 10.4 Å². The number of amides is 1. The lowest BCUT2D eigenvalue weighted by molar-refractivity contribution is 0.0687. The van der Waals surface area contributed by atoms with Crippen molar-refractivity contribution in [2.24, 2.45) is 0 Å². The Morgan fingerprint density at radius 1 is 1.21 bits per heavy atom. The number of carboxylic acids is 1. The zero-order chi connectivity index (χ0) is 23.5. The van der Waals surface area contributed by atoms with Crippen molar-refractivity contribution in [3.8, 4) is 5.69 Å². The number of carbonyl (C=O) groups is 2. The molecule has 2 heterocycles. The Hall–Kier alpha value is -3.65. The van der Waals surface area contributed by atoms with Gasteiger partial charge in [-0.25, -0.2) is 9.48 Å². The van der Waals surface area contributed by atoms with E-state index >= 15 is 0 Å². The average Bonchev–Trinajstić information content (AvgIpc) is 3.17. The maximum Gasteiger partial charge on any atom is 0.356 e. The topological polar surface area (TPSA) is 119 Å². The van der Waals surface area contributed by atoms with Gasteiger partial charge >= 0.3 is 5.97 Å². The molecule has 1 aliphatic rings. The summed E-state index contributed by atoms with van der Waals surface area (Å²) in [6.45, 7) is 5.40. The van der Waals surface area contributed by atoms with E-state index in [1.165, 1.54) is 4.68 Å². The Balaban J connectivity index is 1.52. The van der Waals surface area contributed by atoms with Gasteiger partial charge < -0.3 is 20.9 Å². The lowest BCUT2D eigenvalue weighted by Crippen LogP contribution is -2.23. The second-order valence-electron chi connectivity index (χ2n) is 8.45. The summed E-state index contributed by atoms with van der Waals surface area (Å²) in [5.74, 6) is -1.28. The largest absolute Gasteiger partial charge is 0.476 e. The van der Waals surface area contributed by atoms with E-state index in [1.807, 2.05) is 44.2 Å². The molecule has 172 valence electrons. The van der Waals surface area contributed by atoms with E-state index in [0.29, 0.717) is 36.7 Å². The van der Waals surface area contributed by atoms with E-state index in [-0.39, 0.29) is 23.2 Å². The molecule has 1 aliphatic heterocycles. The van der Waals surface area contributed by atoms with Gasteiger partial charge in [-0.3, -0.25) is 4.79 Å². The van der Waals surface area contributed by atoms with E-state index in [1.54, 1.807) is 12.1 Å². The average molecular weight is 449 g/mol. The van der Waals surface area contributed by atoms with Crippen LogP contribution in [0.1, 0.15) is 62.0 Å². The van der Waals surface area contributed by atoms with Gasteiger partial charge in [-0.1, -0.05) is 29.8 Å². The summed E-state index contributed by atoms with van der Waals surface area (Å²) in [7, 11) is 0. The molecule has 0 saturated carbocycles. The van der Waals surface area contributed by atoms with Crippen molar-refractivity contribution < 1.29 is 19.4 Å². The zero-order valence-electron chi connectivity index (χ0n) is 18.8. The number of rotatable bonds is 6. The fourth-order valence-electron chi connectivity index (χ4n) is 4.11. The second-order valence-corrected chi connectivity index (χ2v) is 8.45. The number of carboxylic acid groups (broad SMARTS) is 1. The summed E-state index contributed by atoms with van der Waals surface area (Å²) in [4.78, 5) is 24.5. The summed E-state index contributed by atoms with van der Waals surface area (Å²) < 4.78 is 6.90. The van der Waals surface area contributed by atoms with Crippen LogP contribution >= 0.6 is 0 Å². The van der Waals surface area contributed by atoms with Gasteiger partial charge in [-0.15, -0.1) is 0 Å². The van der Waals surface area contributed by atoms with E-state index < -0.39 is 5.97 Å². The van der Waals surface area contributed by atoms with Crippen LogP contribution in [-0.4, -0.2) is 40.0 Å². The highest BCUT2D eigenvalue weighted by Crippen LogP contribution is 2.32. The molecule has 2 aromatic carbocycles. The molecule has 0 spiro atoms. The predicted octanol–water partition coefficient (Wildman–Crippen LogP) is 3.59. The summed E-state index contributed by atoms with van der Waals surface area (Å²) in [5, 5.41) is 17.2. The number of aromatic carboxylic acids is 1. The van der Waals surface area contributed by atoms with Crippen molar-refractivity contribution in [3.05, 3.63) is 76.1 Å². The number of benzene rings is 2. The lowest BCUT2D eigenvalue weighted by Gasteiger charge is -2.20. The van der Waals surface area contributed by atoms with E-state index in [0.717, 1.165) is 29.5 Å². The molecule has 1 aromatic heterocycles. The molecule has 1 saturated heterocycles. The quantitative estimate of drug-likeness (QED) is 0.530. The van der Waals surface area contributed by atoms with Crippen molar-refractivity contribution in [2.75, 3.05) is 18.9 Å². The molecule has 3 aromatic rings. The van der Waals surface area contributed by atoms with Crippen LogP contribution in [0.3, 0.4) is 0 Å². The van der Waals surface area contributed by atoms with Gasteiger partial charge in [-0.2, -0.15) is 5.10 Å². The number of carbonyl (C=O) groups excluding carboxylic acids is 1. The lowest BCUT2D eigenvalue weighted by atomic mass is 9.97. The molecule has 1 fully saturated rings. The van der Waals surface area contributed by atoms with E-state index in [4.69, 9.17) is 10.5 Å². The summed E-state index contributed by atoms with van der Waals surface area (Å²) in [5.41, 5.74) is 11.0. The molecule has 1 amide bonds. The third kappa shape index (κ3) is 4.75. The third-order valence-electron chi connectivity index (χ3n) is 5.97. The van der Waals surface area contributed by atoms with Crippen LogP contribution in [0.4, 0.5) is 5.69 Å². The van der Waals surface area contributed by atoms with Gasteiger partial charge in [0.15, 0.2) is 5.69 Å². The number of ether oxygens (including phenoxy) is 1. The number of aromatic nitrogens is 2. The summed E-state index contributed by atoms with van der Waals surface area (Å²) in [6, 6.07) is 13.0. The molecular weight excluding hydrogens is 420 g/mol. The van der Waals surface area contributed by atoms with Gasteiger partial charge in [0.25, 0.3) is 5.91 Å². The van der Waals surface area contributed by atoms with Crippen LogP contribution in [0.5, 0.6) is 0 Å².